The highest BCUT2D eigenvalue weighted by atomic mass is 16.5. The van der Waals surface area contributed by atoms with Gasteiger partial charge in [0.2, 0.25) is 0 Å². The van der Waals surface area contributed by atoms with E-state index >= 15 is 0 Å². The second-order valence-electron chi connectivity index (χ2n) is 4.85. The number of amides is 1. The standard InChI is InChI=1S/C17H20N2O2/c1-3-21-14-6-4-5-13(10-14)11-19-17(20)15-9-12(2)7-8-16(15)18/h4-10H,3,11,18H2,1-2H3,(H,19,20). The monoisotopic (exact) mass is 284 g/mol. The Labute approximate surface area is 124 Å². The van der Waals surface area contributed by atoms with Crippen molar-refractivity contribution >= 4 is 11.6 Å². The van der Waals surface area contributed by atoms with Crippen LogP contribution in [0.2, 0.25) is 0 Å². The zero-order valence-electron chi connectivity index (χ0n) is 12.3. The fourth-order valence-electron chi connectivity index (χ4n) is 2.06. The van der Waals surface area contributed by atoms with Crippen LogP contribution >= 0.6 is 0 Å². The fourth-order valence-corrected chi connectivity index (χ4v) is 2.06. The minimum Gasteiger partial charge on any atom is -0.494 e. The number of benzene rings is 2. The largest absolute Gasteiger partial charge is 0.494 e. The van der Waals surface area contributed by atoms with E-state index in [1.54, 1.807) is 12.1 Å². The predicted octanol–water partition coefficient (Wildman–Crippen LogP) is 2.91. The van der Waals surface area contributed by atoms with Gasteiger partial charge >= 0.3 is 0 Å². The number of nitrogen functional groups attached to an aromatic ring is 1. The van der Waals surface area contributed by atoms with Crippen LogP contribution < -0.4 is 15.8 Å². The lowest BCUT2D eigenvalue weighted by molar-refractivity contribution is 0.0951. The highest BCUT2D eigenvalue weighted by molar-refractivity contribution is 5.99. The number of carbonyl (C=O) groups is 1. The van der Waals surface area contributed by atoms with Crippen LogP contribution in [0, 0.1) is 6.92 Å². The molecule has 4 nitrogen and oxygen atoms in total. The lowest BCUT2D eigenvalue weighted by atomic mass is 10.1. The van der Waals surface area contributed by atoms with Crippen LogP contribution in [0.5, 0.6) is 5.75 Å². The molecule has 0 saturated heterocycles. The van der Waals surface area contributed by atoms with Crippen LogP contribution in [0.4, 0.5) is 5.69 Å². The van der Waals surface area contributed by atoms with E-state index in [4.69, 9.17) is 10.5 Å². The van der Waals surface area contributed by atoms with Crippen molar-refractivity contribution in [1.82, 2.24) is 5.32 Å². The Hall–Kier alpha value is -2.49. The second-order valence-corrected chi connectivity index (χ2v) is 4.85. The molecule has 0 bridgehead atoms. The van der Waals surface area contributed by atoms with E-state index in [0.29, 0.717) is 24.4 Å². The maximum atomic E-state index is 12.2. The van der Waals surface area contributed by atoms with Gasteiger partial charge in [0.25, 0.3) is 5.91 Å². The maximum Gasteiger partial charge on any atom is 0.253 e. The first-order valence-electron chi connectivity index (χ1n) is 6.96. The average molecular weight is 284 g/mol. The zero-order chi connectivity index (χ0) is 15.2. The maximum absolute atomic E-state index is 12.2. The van der Waals surface area contributed by atoms with Gasteiger partial charge in [0.1, 0.15) is 5.75 Å². The summed E-state index contributed by atoms with van der Waals surface area (Å²) >= 11 is 0. The Morgan fingerprint density at radius 3 is 2.81 bits per heavy atom. The molecule has 3 N–H and O–H groups in total. The fraction of sp³-hybridized carbons (Fsp3) is 0.235. The van der Waals surface area contributed by atoms with Crippen molar-refractivity contribution in [2.45, 2.75) is 20.4 Å². The molecule has 0 aliphatic heterocycles. The van der Waals surface area contributed by atoms with Crippen molar-refractivity contribution < 1.29 is 9.53 Å². The molecule has 0 atom stereocenters. The smallest absolute Gasteiger partial charge is 0.253 e. The van der Waals surface area contributed by atoms with Gasteiger partial charge in [0, 0.05) is 12.2 Å². The summed E-state index contributed by atoms with van der Waals surface area (Å²) in [6.07, 6.45) is 0. The topological polar surface area (TPSA) is 64.3 Å². The summed E-state index contributed by atoms with van der Waals surface area (Å²) < 4.78 is 5.44. The van der Waals surface area contributed by atoms with Gasteiger partial charge in [-0.1, -0.05) is 23.8 Å². The van der Waals surface area contributed by atoms with Crippen molar-refractivity contribution in [3.63, 3.8) is 0 Å². The number of anilines is 1. The van der Waals surface area contributed by atoms with E-state index in [0.717, 1.165) is 16.9 Å². The molecule has 0 unspecified atom stereocenters. The van der Waals surface area contributed by atoms with E-state index in [1.807, 2.05) is 44.2 Å². The number of ether oxygens (including phenoxy) is 1. The summed E-state index contributed by atoms with van der Waals surface area (Å²) in [6, 6.07) is 13.1. The molecule has 0 heterocycles. The molecule has 0 spiro atoms. The van der Waals surface area contributed by atoms with Crippen LogP contribution in [-0.4, -0.2) is 12.5 Å². The Balaban J connectivity index is 2.04. The van der Waals surface area contributed by atoms with Crippen LogP contribution in [0.15, 0.2) is 42.5 Å². The van der Waals surface area contributed by atoms with E-state index in [1.165, 1.54) is 0 Å². The molecule has 0 saturated carbocycles. The SMILES string of the molecule is CCOc1cccc(CNC(=O)c2cc(C)ccc2N)c1. The molecule has 0 radical (unpaired) electrons. The molecule has 0 aliphatic rings. The first kappa shape index (κ1) is 14.9. The predicted molar refractivity (Wildman–Crippen MR) is 84.4 cm³/mol. The van der Waals surface area contributed by atoms with Crippen molar-refractivity contribution in [3.8, 4) is 5.75 Å². The lowest BCUT2D eigenvalue weighted by Crippen LogP contribution is -2.23. The molecule has 2 aromatic rings. The average Bonchev–Trinajstić information content (AvgIpc) is 2.48. The molecule has 4 heteroatoms. The lowest BCUT2D eigenvalue weighted by Gasteiger charge is -2.10. The van der Waals surface area contributed by atoms with Crippen molar-refractivity contribution in [3.05, 3.63) is 59.2 Å². The van der Waals surface area contributed by atoms with Gasteiger partial charge in [-0.3, -0.25) is 4.79 Å². The van der Waals surface area contributed by atoms with Crippen LogP contribution in [0.25, 0.3) is 0 Å². The Kier molecular flexibility index (Phi) is 4.82. The molecule has 2 aromatic carbocycles. The number of nitrogens with two attached hydrogens (primary N) is 1. The summed E-state index contributed by atoms with van der Waals surface area (Å²) in [5, 5.41) is 2.88. The molecule has 1 amide bonds. The van der Waals surface area contributed by atoms with Gasteiger partial charge in [0.05, 0.1) is 12.2 Å². The van der Waals surface area contributed by atoms with Gasteiger partial charge < -0.3 is 15.8 Å². The molecule has 110 valence electrons. The third-order valence-electron chi connectivity index (χ3n) is 3.12. The second kappa shape index (κ2) is 6.79. The number of carbonyl (C=O) groups excluding carboxylic acids is 1. The van der Waals surface area contributed by atoms with Gasteiger partial charge in [-0.25, -0.2) is 0 Å². The minimum atomic E-state index is -0.169. The molecule has 21 heavy (non-hydrogen) atoms. The van der Waals surface area contributed by atoms with Crippen molar-refractivity contribution in [2.24, 2.45) is 0 Å². The third kappa shape index (κ3) is 3.99. The van der Waals surface area contributed by atoms with E-state index < -0.39 is 0 Å². The number of hydrogen-bond donors (Lipinski definition) is 2. The zero-order valence-corrected chi connectivity index (χ0v) is 12.3. The summed E-state index contributed by atoms with van der Waals surface area (Å²) in [4.78, 5) is 12.2. The quantitative estimate of drug-likeness (QED) is 0.830. The number of rotatable bonds is 5. The molecular weight excluding hydrogens is 264 g/mol. The van der Waals surface area contributed by atoms with E-state index in [2.05, 4.69) is 5.32 Å². The molecule has 0 fully saturated rings. The number of nitrogens with one attached hydrogen (secondary N) is 1. The molecule has 0 aliphatic carbocycles. The van der Waals surface area contributed by atoms with Crippen molar-refractivity contribution in [1.29, 1.82) is 0 Å². The first-order chi connectivity index (χ1) is 10.1. The normalized spacial score (nSPS) is 10.2. The van der Waals surface area contributed by atoms with Crippen LogP contribution in [0.1, 0.15) is 28.4 Å². The van der Waals surface area contributed by atoms with Gasteiger partial charge in [0.15, 0.2) is 0 Å². The highest BCUT2D eigenvalue weighted by Gasteiger charge is 2.09. The van der Waals surface area contributed by atoms with Gasteiger partial charge in [-0.05, 0) is 43.7 Å². The minimum absolute atomic E-state index is 0.169. The van der Waals surface area contributed by atoms with Gasteiger partial charge in [-0.2, -0.15) is 0 Å². The molecule has 2 rings (SSSR count). The van der Waals surface area contributed by atoms with Crippen LogP contribution in [-0.2, 0) is 6.54 Å². The Morgan fingerprint density at radius 2 is 2.05 bits per heavy atom. The first-order valence-corrected chi connectivity index (χ1v) is 6.96. The number of aryl methyl sites for hydroxylation is 1. The molecular formula is C17H20N2O2. The van der Waals surface area contributed by atoms with E-state index in [9.17, 15) is 4.79 Å². The highest BCUT2D eigenvalue weighted by Crippen LogP contribution is 2.15. The van der Waals surface area contributed by atoms with Crippen LogP contribution in [0.3, 0.4) is 0 Å². The summed E-state index contributed by atoms with van der Waals surface area (Å²) in [6.45, 7) is 4.93. The summed E-state index contributed by atoms with van der Waals surface area (Å²) in [7, 11) is 0. The Morgan fingerprint density at radius 1 is 1.24 bits per heavy atom. The van der Waals surface area contributed by atoms with Gasteiger partial charge in [-0.15, -0.1) is 0 Å². The third-order valence-corrected chi connectivity index (χ3v) is 3.12. The Bertz CT molecular complexity index is 638. The molecule has 0 aromatic heterocycles. The number of hydrogen-bond acceptors (Lipinski definition) is 3. The summed E-state index contributed by atoms with van der Waals surface area (Å²) in [5.41, 5.74) is 8.83. The van der Waals surface area contributed by atoms with Crippen molar-refractivity contribution in [2.75, 3.05) is 12.3 Å². The summed E-state index contributed by atoms with van der Waals surface area (Å²) in [5.74, 6) is 0.636. The van der Waals surface area contributed by atoms with E-state index in [-0.39, 0.29) is 5.91 Å².